The standard InChI is InChI=1S/C21H31NO/c1-14(2)7-8-19(15(3)4)20(23)22-21-9-5-6-17-10-16(12-21)11-18(17)13-21/h7-8,16-18H,3,5-6,9-13H2,1-2,4H3,(H,22,23)/b19-8+. The van der Waals surface area contributed by atoms with Crippen LogP contribution < -0.4 is 5.32 Å². The van der Waals surface area contributed by atoms with Gasteiger partial charge in [-0.05, 0) is 82.3 Å². The molecular weight excluding hydrogens is 282 g/mol. The Morgan fingerprint density at radius 1 is 1.13 bits per heavy atom. The Labute approximate surface area is 141 Å². The van der Waals surface area contributed by atoms with E-state index in [1.165, 1.54) is 44.1 Å². The van der Waals surface area contributed by atoms with E-state index in [0.29, 0.717) is 0 Å². The molecule has 126 valence electrons. The van der Waals surface area contributed by atoms with Crippen molar-refractivity contribution in [2.24, 2.45) is 17.8 Å². The van der Waals surface area contributed by atoms with Crippen LogP contribution in [0.3, 0.4) is 0 Å². The maximum atomic E-state index is 12.9. The summed E-state index contributed by atoms with van der Waals surface area (Å²) >= 11 is 0. The Kier molecular flexibility index (Phi) is 4.53. The predicted molar refractivity (Wildman–Crippen MR) is 96.0 cm³/mol. The Hall–Kier alpha value is -1.31. The molecule has 1 amide bonds. The van der Waals surface area contributed by atoms with Gasteiger partial charge in [-0.15, -0.1) is 0 Å². The molecule has 0 saturated heterocycles. The summed E-state index contributed by atoms with van der Waals surface area (Å²) in [4.78, 5) is 12.9. The van der Waals surface area contributed by atoms with Gasteiger partial charge in [0.2, 0.25) is 0 Å². The van der Waals surface area contributed by atoms with Crippen molar-refractivity contribution in [3.63, 3.8) is 0 Å². The average molecular weight is 313 g/mol. The molecule has 3 saturated carbocycles. The molecule has 3 fully saturated rings. The number of carbonyl (C=O) groups is 1. The minimum atomic E-state index is 0.0510. The lowest BCUT2D eigenvalue weighted by atomic mass is 9.73. The van der Waals surface area contributed by atoms with E-state index in [4.69, 9.17) is 0 Å². The largest absolute Gasteiger partial charge is 0.347 e. The maximum Gasteiger partial charge on any atom is 0.251 e. The summed E-state index contributed by atoms with van der Waals surface area (Å²) in [5.41, 5.74) is 2.83. The molecule has 2 heteroatoms. The van der Waals surface area contributed by atoms with E-state index in [1.54, 1.807) is 0 Å². The van der Waals surface area contributed by atoms with E-state index >= 15 is 0 Å². The topological polar surface area (TPSA) is 29.1 Å². The minimum Gasteiger partial charge on any atom is -0.347 e. The second-order valence-corrected chi connectivity index (χ2v) is 8.50. The lowest BCUT2D eigenvalue weighted by molar-refractivity contribution is -0.119. The van der Waals surface area contributed by atoms with Gasteiger partial charge in [-0.2, -0.15) is 0 Å². The number of hydrogen-bond acceptors (Lipinski definition) is 1. The van der Waals surface area contributed by atoms with Crippen LogP contribution in [0.25, 0.3) is 0 Å². The first-order chi connectivity index (χ1) is 10.9. The first-order valence-electron chi connectivity index (χ1n) is 9.22. The van der Waals surface area contributed by atoms with Crippen LogP contribution in [-0.4, -0.2) is 11.4 Å². The highest BCUT2D eigenvalue weighted by Crippen LogP contribution is 2.55. The van der Waals surface area contributed by atoms with E-state index in [1.807, 2.05) is 32.9 Å². The zero-order valence-electron chi connectivity index (χ0n) is 15.0. The summed E-state index contributed by atoms with van der Waals surface area (Å²) in [5.74, 6) is 2.71. The summed E-state index contributed by atoms with van der Waals surface area (Å²) in [6.45, 7) is 10.0. The van der Waals surface area contributed by atoms with Crippen molar-refractivity contribution in [1.82, 2.24) is 5.32 Å². The molecule has 0 aromatic rings. The zero-order chi connectivity index (χ0) is 16.6. The molecule has 3 bridgehead atoms. The highest BCUT2D eigenvalue weighted by molar-refractivity contribution is 5.98. The van der Waals surface area contributed by atoms with Gasteiger partial charge in [0.25, 0.3) is 5.91 Å². The van der Waals surface area contributed by atoms with Crippen LogP contribution in [0, 0.1) is 17.8 Å². The molecule has 4 unspecified atom stereocenters. The molecule has 2 nitrogen and oxygen atoms in total. The van der Waals surface area contributed by atoms with Crippen molar-refractivity contribution in [2.45, 2.75) is 71.3 Å². The van der Waals surface area contributed by atoms with Crippen LogP contribution in [0.15, 0.2) is 35.5 Å². The first kappa shape index (κ1) is 16.5. The average Bonchev–Trinajstić information content (AvgIpc) is 2.65. The van der Waals surface area contributed by atoms with Gasteiger partial charge in [0.05, 0.1) is 0 Å². The van der Waals surface area contributed by atoms with Crippen LogP contribution in [0.1, 0.15) is 65.7 Å². The molecule has 0 radical (unpaired) electrons. The Balaban J connectivity index is 1.79. The molecule has 0 heterocycles. The smallest absolute Gasteiger partial charge is 0.251 e. The molecule has 0 spiro atoms. The maximum absolute atomic E-state index is 12.9. The Bertz CT molecular complexity index is 566. The quantitative estimate of drug-likeness (QED) is 0.578. The molecular formula is C21H31NO. The fraction of sp³-hybridized carbons (Fsp3) is 0.667. The molecule has 1 N–H and O–H groups in total. The highest BCUT2D eigenvalue weighted by atomic mass is 16.1. The van der Waals surface area contributed by atoms with Gasteiger partial charge < -0.3 is 5.32 Å². The van der Waals surface area contributed by atoms with Gasteiger partial charge in [-0.3, -0.25) is 4.79 Å². The molecule has 4 atom stereocenters. The third kappa shape index (κ3) is 3.46. The van der Waals surface area contributed by atoms with E-state index in [-0.39, 0.29) is 11.4 Å². The van der Waals surface area contributed by atoms with Crippen molar-refractivity contribution in [2.75, 3.05) is 0 Å². The number of hydrogen-bond donors (Lipinski definition) is 1. The molecule has 0 aromatic heterocycles. The van der Waals surface area contributed by atoms with Gasteiger partial charge in [-0.25, -0.2) is 0 Å². The number of carbonyl (C=O) groups excluding carboxylic acids is 1. The number of nitrogens with one attached hydrogen (secondary N) is 1. The SMILES string of the molecule is C=C(C)/C(=C\C=C(C)C)C(=O)NC12CCCC3CC(CC3C1)C2. The van der Waals surface area contributed by atoms with Crippen molar-refractivity contribution in [3.8, 4) is 0 Å². The fourth-order valence-electron chi connectivity index (χ4n) is 5.29. The molecule has 0 aromatic carbocycles. The van der Waals surface area contributed by atoms with Crippen LogP contribution in [0.2, 0.25) is 0 Å². The number of fused-ring (bicyclic) bond motifs is 2. The van der Waals surface area contributed by atoms with Gasteiger partial charge in [0, 0.05) is 11.1 Å². The molecule has 3 aliphatic carbocycles. The first-order valence-corrected chi connectivity index (χ1v) is 9.22. The van der Waals surface area contributed by atoms with Gasteiger partial charge >= 0.3 is 0 Å². The second-order valence-electron chi connectivity index (χ2n) is 8.50. The summed E-state index contributed by atoms with van der Waals surface area (Å²) in [7, 11) is 0. The minimum absolute atomic E-state index is 0.0510. The molecule has 23 heavy (non-hydrogen) atoms. The monoisotopic (exact) mass is 313 g/mol. The predicted octanol–water partition coefficient (Wildman–Crippen LogP) is 4.93. The second kappa shape index (κ2) is 6.30. The van der Waals surface area contributed by atoms with Crippen molar-refractivity contribution < 1.29 is 4.79 Å². The third-order valence-corrected chi connectivity index (χ3v) is 6.17. The number of amides is 1. The Morgan fingerprint density at radius 2 is 1.87 bits per heavy atom. The van der Waals surface area contributed by atoms with E-state index in [9.17, 15) is 4.79 Å². The Morgan fingerprint density at radius 3 is 2.57 bits per heavy atom. The van der Waals surface area contributed by atoms with Crippen LogP contribution in [0.5, 0.6) is 0 Å². The highest BCUT2D eigenvalue weighted by Gasteiger charge is 2.50. The summed E-state index contributed by atoms with van der Waals surface area (Å²) < 4.78 is 0. The fourth-order valence-corrected chi connectivity index (χ4v) is 5.29. The van der Waals surface area contributed by atoms with Crippen LogP contribution in [-0.2, 0) is 4.79 Å². The van der Waals surface area contributed by atoms with Crippen molar-refractivity contribution in [1.29, 1.82) is 0 Å². The summed E-state index contributed by atoms with van der Waals surface area (Å²) in [6.07, 6.45) is 13.0. The number of rotatable bonds is 4. The van der Waals surface area contributed by atoms with Crippen LogP contribution >= 0.6 is 0 Å². The van der Waals surface area contributed by atoms with Gasteiger partial charge in [0.1, 0.15) is 0 Å². The van der Waals surface area contributed by atoms with E-state index in [0.717, 1.165) is 35.3 Å². The lowest BCUT2D eigenvalue weighted by Crippen LogP contribution is -2.52. The summed E-state index contributed by atoms with van der Waals surface area (Å²) in [5, 5.41) is 3.47. The van der Waals surface area contributed by atoms with Crippen LogP contribution in [0.4, 0.5) is 0 Å². The van der Waals surface area contributed by atoms with Crippen molar-refractivity contribution in [3.05, 3.63) is 35.5 Å². The summed E-state index contributed by atoms with van der Waals surface area (Å²) in [6, 6.07) is 0. The van der Waals surface area contributed by atoms with E-state index < -0.39 is 0 Å². The number of allylic oxidation sites excluding steroid dienone is 3. The van der Waals surface area contributed by atoms with Gasteiger partial charge in [-0.1, -0.05) is 31.1 Å². The molecule has 3 aliphatic rings. The third-order valence-electron chi connectivity index (χ3n) is 6.17. The molecule has 0 aliphatic heterocycles. The lowest BCUT2D eigenvalue weighted by Gasteiger charge is -2.41. The van der Waals surface area contributed by atoms with Gasteiger partial charge in [0.15, 0.2) is 0 Å². The molecule has 3 rings (SSSR count). The normalized spacial score (nSPS) is 35.6. The van der Waals surface area contributed by atoms with Crippen molar-refractivity contribution >= 4 is 5.91 Å². The zero-order valence-corrected chi connectivity index (χ0v) is 15.0. The van der Waals surface area contributed by atoms with E-state index in [2.05, 4.69) is 11.9 Å².